The lowest BCUT2D eigenvalue weighted by Crippen LogP contribution is -2.45. The van der Waals surface area contributed by atoms with Gasteiger partial charge in [-0.3, -0.25) is 9.59 Å². The summed E-state index contributed by atoms with van der Waals surface area (Å²) in [5.74, 6) is -0.0682. The number of amides is 1. The number of unbranched alkanes of at least 4 members (excludes halogenated alkanes) is 38. The van der Waals surface area contributed by atoms with Crippen molar-refractivity contribution in [2.24, 2.45) is 0 Å². The van der Waals surface area contributed by atoms with Gasteiger partial charge < -0.3 is 20.3 Å². The van der Waals surface area contributed by atoms with E-state index in [1.165, 1.54) is 225 Å². The van der Waals surface area contributed by atoms with E-state index in [1.54, 1.807) is 6.08 Å². The summed E-state index contributed by atoms with van der Waals surface area (Å²) >= 11 is 0. The molecule has 0 saturated heterocycles. The van der Waals surface area contributed by atoms with Gasteiger partial charge in [0.05, 0.1) is 25.4 Å². The predicted molar refractivity (Wildman–Crippen MR) is 283 cm³/mol. The Morgan fingerprint density at radius 1 is 0.431 bits per heavy atom. The fourth-order valence-electron chi connectivity index (χ4n) is 8.71. The molecule has 382 valence electrons. The highest BCUT2D eigenvalue weighted by atomic mass is 16.5. The second-order valence-electron chi connectivity index (χ2n) is 19.6. The summed E-state index contributed by atoms with van der Waals surface area (Å²) in [6, 6.07) is -0.624. The van der Waals surface area contributed by atoms with Gasteiger partial charge in [0.2, 0.25) is 5.91 Å². The Kier molecular flexibility index (Phi) is 53.1. The number of esters is 1. The monoisotopic (exact) mass is 914 g/mol. The molecule has 0 saturated carbocycles. The SMILES string of the molecule is CCCC/C=C\C/C=C\CCCCCCCC(=O)OCCCCCCCCCCCCCCCCCCCCCCCCCCCC(=O)NC(CO)C(O)/C=C/CCCCCCCCC. The lowest BCUT2D eigenvalue weighted by Gasteiger charge is -2.20. The fraction of sp³-hybridized carbons (Fsp3) is 0.864. The van der Waals surface area contributed by atoms with Crippen LogP contribution in [0, 0.1) is 0 Å². The minimum atomic E-state index is -0.841. The summed E-state index contributed by atoms with van der Waals surface area (Å²) in [5, 5.41) is 22.9. The van der Waals surface area contributed by atoms with Crippen molar-refractivity contribution in [3.8, 4) is 0 Å². The standard InChI is InChI=1S/C59H111NO5/c1-3-5-7-9-11-13-14-15-30-33-37-41-45-49-53-59(64)65-54-50-46-42-38-34-31-28-26-24-22-20-18-16-17-19-21-23-25-27-29-32-36-40-44-48-52-58(63)60-56(55-61)57(62)51-47-43-39-35-12-10-8-6-4-2/h9,11,14-15,47,51,56-57,61-62H,3-8,10,12-13,16-46,48-50,52-55H2,1-2H3,(H,60,63)/b11-9-,15-14-,51-47+. The summed E-state index contributed by atoms with van der Waals surface area (Å²) < 4.78 is 5.47. The molecule has 2 unspecified atom stereocenters. The molecule has 1 amide bonds. The molecule has 0 aliphatic heterocycles. The van der Waals surface area contributed by atoms with Crippen LogP contribution in [0.3, 0.4) is 0 Å². The smallest absolute Gasteiger partial charge is 0.305 e. The number of ether oxygens (including phenoxy) is 1. The maximum atomic E-state index is 12.4. The van der Waals surface area contributed by atoms with Gasteiger partial charge in [-0.15, -0.1) is 0 Å². The molecule has 0 aliphatic carbocycles. The Balaban J connectivity index is 3.35. The van der Waals surface area contributed by atoms with Crippen molar-refractivity contribution in [3.05, 3.63) is 36.5 Å². The van der Waals surface area contributed by atoms with Crippen LogP contribution in [-0.4, -0.2) is 47.4 Å². The number of aliphatic hydroxyl groups is 2. The van der Waals surface area contributed by atoms with Crippen molar-refractivity contribution in [3.63, 3.8) is 0 Å². The minimum Gasteiger partial charge on any atom is -0.466 e. The Labute approximate surface area is 404 Å². The molecular formula is C59H111NO5. The third kappa shape index (κ3) is 51.3. The first-order valence-electron chi connectivity index (χ1n) is 28.8. The maximum absolute atomic E-state index is 12.4. The number of carbonyl (C=O) groups is 2. The van der Waals surface area contributed by atoms with E-state index in [2.05, 4.69) is 43.5 Å². The zero-order valence-corrected chi connectivity index (χ0v) is 43.5. The van der Waals surface area contributed by atoms with Gasteiger partial charge in [-0.2, -0.15) is 0 Å². The normalized spacial score (nSPS) is 12.9. The van der Waals surface area contributed by atoms with Crippen molar-refractivity contribution < 1.29 is 24.5 Å². The Morgan fingerprint density at radius 2 is 0.785 bits per heavy atom. The highest BCUT2D eigenvalue weighted by Gasteiger charge is 2.18. The molecule has 6 nitrogen and oxygen atoms in total. The van der Waals surface area contributed by atoms with Crippen LogP contribution in [0.15, 0.2) is 36.5 Å². The second-order valence-corrected chi connectivity index (χ2v) is 19.6. The molecule has 0 aromatic carbocycles. The summed E-state index contributed by atoms with van der Waals surface area (Å²) in [5.41, 5.74) is 0. The zero-order chi connectivity index (χ0) is 47.2. The second kappa shape index (κ2) is 54.7. The molecule has 0 radical (unpaired) electrons. The van der Waals surface area contributed by atoms with E-state index in [0.29, 0.717) is 19.4 Å². The minimum absolute atomic E-state index is 0.000808. The highest BCUT2D eigenvalue weighted by Crippen LogP contribution is 2.17. The molecule has 65 heavy (non-hydrogen) atoms. The van der Waals surface area contributed by atoms with Crippen molar-refractivity contribution in [2.75, 3.05) is 13.2 Å². The van der Waals surface area contributed by atoms with Crippen LogP contribution in [0.4, 0.5) is 0 Å². The Hall–Kier alpha value is -1.92. The molecule has 0 rings (SSSR count). The van der Waals surface area contributed by atoms with Gasteiger partial charge in [-0.25, -0.2) is 0 Å². The molecule has 3 N–H and O–H groups in total. The molecule has 0 aromatic rings. The van der Waals surface area contributed by atoms with Crippen LogP contribution >= 0.6 is 0 Å². The van der Waals surface area contributed by atoms with Crippen LogP contribution < -0.4 is 5.32 Å². The predicted octanol–water partition coefficient (Wildman–Crippen LogP) is 17.6. The first-order valence-corrected chi connectivity index (χ1v) is 28.8. The summed E-state index contributed by atoms with van der Waals surface area (Å²) in [6.45, 7) is 4.83. The van der Waals surface area contributed by atoms with E-state index in [4.69, 9.17) is 4.74 Å². The number of hydrogen-bond acceptors (Lipinski definition) is 5. The van der Waals surface area contributed by atoms with Crippen LogP contribution in [0.25, 0.3) is 0 Å². The lowest BCUT2D eigenvalue weighted by atomic mass is 10.0. The molecule has 6 heteroatoms. The van der Waals surface area contributed by atoms with Gasteiger partial charge >= 0.3 is 5.97 Å². The van der Waals surface area contributed by atoms with Gasteiger partial charge in [-0.1, -0.05) is 269 Å². The van der Waals surface area contributed by atoms with E-state index in [0.717, 1.165) is 51.4 Å². The van der Waals surface area contributed by atoms with E-state index in [-0.39, 0.29) is 18.5 Å². The summed E-state index contributed by atoms with van der Waals surface area (Å²) in [4.78, 5) is 24.4. The van der Waals surface area contributed by atoms with E-state index in [9.17, 15) is 19.8 Å². The Morgan fingerprint density at radius 3 is 1.22 bits per heavy atom. The number of aliphatic hydroxyl groups excluding tert-OH is 2. The molecule has 0 aliphatic rings. The van der Waals surface area contributed by atoms with E-state index < -0.39 is 12.1 Å². The Bertz CT molecular complexity index is 1060. The van der Waals surface area contributed by atoms with Crippen molar-refractivity contribution in [1.82, 2.24) is 5.32 Å². The third-order valence-electron chi connectivity index (χ3n) is 13.2. The maximum Gasteiger partial charge on any atom is 0.305 e. The molecule has 0 aromatic heterocycles. The highest BCUT2D eigenvalue weighted by molar-refractivity contribution is 5.76. The van der Waals surface area contributed by atoms with Gasteiger partial charge in [0.15, 0.2) is 0 Å². The van der Waals surface area contributed by atoms with Gasteiger partial charge in [0, 0.05) is 12.8 Å². The van der Waals surface area contributed by atoms with Crippen molar-refractivity contribution in [2.45, 2.75) is 315 Å². The molecule has 0 fully saturated rings. The van der Waals surface area contributed by atoms with Gasteiger partial charge in [0.25, 0.3) is 0 Å². The molecular weight excluding hydrogens is 803 g/mol. The third-order valence-corrected chi connectivity index (χ3v) is 13.2. The van der Waals surface area contributed by atoms with E-state index >= 15 is 0 Å². The molecule has 0 spiro atoms. The van der Waals surface area contributed by atoms with Crippen LogP contribution in [0.1, 0.15) is 303 Å². The molecule has 0 bridgehead atoms. The fourth-order valence-corrected chi connectivity index (χ4v) is 8.71. The van der Waals surface area contributed by atoms with Crippen LogP contribution in [0.5, 0.6) is 0 Å². The van der Waals surface area contributed by atoms with E-state index in [1.807, 2.05) is 6.08 Å². The summed E-state index contributed by atoms with van der Waals surface area (Å²) in [7, 11) is 0. The quantitative estimate of drug-likeness (QED) is 0.0321. The number of allylic oxidation sites excluding steroid dienone is 5. The molecule has 0 heterocycles. The van der Waals surface area contributed by atoms with Gasteiger partial charge in [0.1, 0.15) is 0 Å². The van der Waals surface area contributed by atoms with Crippen LogP contribution in [-0.2, 0) is 14.3 Å². The topological polar surface area (TPSA) is 95.9 Å². The average molecular weight is 915 g/mol. The van der Waals surface area contributed by atoms with Crippen LogP contribution in [0.2, 0.25) is 0 Å². The van der Waals surface area contributed by atoms with Crippen molar-refractivity contribution >= 4 is 11.9 Å². The number of nitrogens with one attached hydrogen (secondary N) is 1. The van der Waals surface area contributed by atoms with Gasteiger partial charge in [-0.05, 0) is 57.8 Å². The number of hydrogen-bond donors (Lipinski definition) is 3. The average Bonchev–Trinajstić information content (AvgIpc) is 3.31. The number of carbonyl (C=O) groups excluding carboxylic acids is 2. The summed E-state index contributed by atoms with van der Waals surface area (Å²) in [6.07, 6.45) is 67.6. The first-order chi connectivity index (χ1) is 32.0. The lowest BCUT2D eigenvalue weighted by molar-refractivity contribution is -0.143. The largest absolute Gasteiger partial charge is 0.466 e. The zero-order valence-electron chi connectivity index (χ0n) is 43.5. The first kappa shape index (κ1) is 63.1. The number of rotatable bonds is 53. The van der Waals surface area contributed by atoms with Crippen molar-refractivity contribution in [1.29, 1.82) is 0 Å². The molecule has 2 atom stereocenters.